The Morgan fingerprint density at radius 3 is 2.62 bits per heavy atom. The minimum absolute atomic E-state index is 0.0415. The first-order chi connectivity index (χ1) is 11.5. The number of imidazole rings is 1. The van der Waals surface area contributed by atoms with Gasteiger partial charge in [0.05, 0.1) is 6.20 Å². The third-order valence-electron chi connectivity index (χ3n) is 3.69. The summed E-state index contributed by atoms with van der Waals surface area (Å²) in [6.45, 7) is 0. The summed E-state index contributed by atoms with van der Waals surface area (Å²) >= 11 is 0. The zero-order valence-electron chi connectivity index (χ0n) is 12.5. The van der Waals surface area contributed by atoms with Crippen LogP contribution in [0.15, 0.2) is 54.7 Å². The average Bonchev–Trinajstić information content (AvgIpc) is 3.06. The van der Waals surface area contributed by atoms with Gasteiger partial charge in [-0.2, -0.15) is 0 Å². The number of carboxylic acid groups (broad SMARTS) is 1. The maximum absolute atomic E-state index is 14.5. The Bertz CT molecular complexity index is 862. The van der Waals surface area contributed by atoms with Gasteiger partial charge in [0.2, 0.25) is 0 Å². The number of aromatic amines is 1. The van der Waals surface area contributed by atoms with Crippen LogP contribution >= 0.6 is 0 Å². The topological polar surface area (TPSA) is 66.0 Å². The minimum atomic E-state index is -1.30. The number of hydrogen-bond acceptors (Lipinski definition) is 2. The molecule has 0 aliphatic rings. The highest BCUT2D eigenvalue weighted by molar-refractivity contribution is 5.86. The van der Waals surface area contributed by atoms with Crippen molar-refractivity contribution < 1.29 is 18.7 Å². The minimum Gasteiger partial charge on any atom is -0.477 e. The second kappa shape index (κ2) is 6.62. The van der Waals surface area contributed by atoms with E-state index >= 15 is 0 Å². The van der Waals surface area contributed by atoms with Crippen molar-refractivity contribution in [2.45, 2.75) is 12.6 Å². The van der Waals surface area contributed by atoms with Crippen LogP contribution < -0.4 is 0 Å². The molecule has 3 aromatic rings. The lowest BCUT2D eigenvalue weighted by atomic mass is 9.98. The molecule has 0 radical (unpaired) electrons. The van der Waals surface area contributed by atoms with E-state index in [0.717, 1.165) is 0 Å². The smallest absolute Gasteiger partial charge is 0.353 e. The Hall–Kier alpha value is -3.02. The quantitative estimate of drug-likeness (QED) is 0.739. The monoisotopic (exact) mass is 328 g/mol. The molecule has 0 bridgehead atoms. The van der Waals surface area contributed by atoms with Crippen LogP contribution in [0.1, 0.15) is 27.8 Å². The van der Waals surface area contributed by atoms with E-state index in [1.165, 1.54) is 24.4 Å². The summed E-state index contributed by atoms with van der Waals surface area (Å²) in [6, 6.07) is 12.5. The number of halogens is 2. The maximum Gasteiger partial charge on any atom is 0.353 e. The van der Waals surface area contributed by atoms with Crippen LogP contribution in [0.5, 0.6) is 0 Å². The van der Waals surface area contributed by atoms with Crippen molar-refractivity contribution in [3.05, 3.63) is 77.4 Å². The molecule has 0 spiro atoms. The van der Waals surface area contributed by atoms with E-state index in [4.69, 9.17) is 5.11 Å². The van der Waals surface area contributed by atoms with Crippen molar-refractivity contribution in [3.63, 3.8) is 0 Å². The van der Waals surface area contributed by atoms with Crippen molar-refractivity contribution >= 4 is 5.97 Å². The van der Waals surface area contributed by atoms with E-state index in [2.05, 4.69) is 9.97 Å². The molecule has 4 nitrogen and oxygen atoms in total. The summed E-state index contributed by atoms with van der Waals surface area (Å²) in [5.74, 6) is -1.37. The van der Waals surface area contributed by atoms with Crippen LogP contribution in [0.3, 0.4) is 0 Å². The fraction of sp³-hybridized carbons (Fsp3) is 0.111. The predicted octanol–water partition coefficient (Wildman–Crippen LogP) is 4.17. The second-order valence-electron chi connectivity index (χ2n) is 5.33. The number of nitrogens with one attached hydrogen (secondary N) is 1. The first-order valence-electron chi connectivity index (χ1n) is 7.30. The van der Waals surface area contributed by atoms with Gasteiger partial charge in [-0.3, -0.25) is 0 Å². The van der Waals surface area contributed by atoms with Crippen LogP contribution in [-0.4, -0.2) is 21.0 Å². The molecular formula is C18H14F2N2O2. The second-order valence-corrected chi connectivity index (χ2v) is 5.33. The van der Waals surface area contributed by atoms with E-state index in [1.54, 1.807) is 30.3 Å². The lowest BCUT2D eigenvalue weighted by Gasteiger charge is -2.12. The third-order valence-corrected chi connectivity index (χ3v) is 3.69. The molecule has 3 rings (SSSR count). The Kier molecular flexibility index (Phi) is 4.37. The molecule has 0 fully saturated rings. The van der Waals surface area contributed by atoms with Crippen LogP contribution in [0.25, 0.3) is 11.4 Å². The van der Waals surface area contributed by atoms with Crippen LogP contribution in [0, 0.1) is 5.82 Å². The van der Waals surface area contributed by atoms with Gasteiger partial charge in [-0.25, -0.2) is 18.6 Å². The van der Waals surface area contributed by atoms with E-state index in [0.29, 0.717) is 16.7 Å². The number of H-pyrrole nitrogens is 1. The molecule has 0 aliphatic heterocycles. The Balaban J connectivity index is 1.95. The van der Waals surface area contributed by atoms with Gasteiger partial charge in [-0.05, 0) is 29.3 Å². The largest absolute Gasteiger partial charge is 0.477 e. The summed E-state index contributed by atoms with van der Waals surface area (Å²) in [4.78, 5) is 17.6. The van der Waals surface area contributed by atoms with Gasteiger partial charge in [-0.1, -0.05) is 30.3 Å². The van der Waals surface area contributed by atoms with Crippen LogP contribution in [-0.2, 0) is 6.42 Å². The highest BCUT2D eigenvalue weighted by atomic mass is 19.1. The lowest BCUT2D eigenvalue weighted by Crippen LogP contribution is -2.01. The van der Waals surface area contributed by atoms with Gasteiger partial charge < -0.3 is 10.1 Å². The summed E-state index contributed by atoms with van der Waals surface area (Å²) in [5, 5.41) is 8.96. The molecule has 6 heteroatoms. The van der Waals surface area contributed by atoms with Gasteiger partial charge in [0, 0.05) is 12.0 Å². The van der Waals surface area contributed by atoms with Gasteiger partial charge in [0.15, 0.2) is 0 Å². The third kappa shape index (κ3) is 3.32. The molecule has 0 amide bonds. The maximum atomic E-state index is 14.5. The number of carbonyl (C=O) groups is 1. The summed E-state index contributed by atoms with van der Waals surface area (Å²) < 4.78 is 28.1. The standard InChI is InChI=1S/C18H14F2N2O2/c19-13-6-7-14(17-21-10-16(22-17)18(23)24)12(8-13)9-15(20)11-4-2-1-3-5-11/h1-8,10,15H,9H2,(H,21,22)(H,23,24). The van der Waals surface area contributed by atoms with E-state index in [9.17, 15) is 13.6 Å². The van der Waals surface area contributed by atoms with Crippen molar-refractivity contribution in [3.8, 4) is 11.4 Å². The molecule has 0 saturated heterocycles. The molecule has 2 N–H and O–H groups in total. The number of hydrogen-bond donors (Lipinski definition) is 2. The number of aromatic nitrogens is 2. The highest BCUT2D eigenvalue weighted by Gasteiger charge is 2.17. The predicted molar refractivity (Wildman–Crippen MR) is 84.9 cm³/mol. The number of rotatable bonds is 5. The van der Waals surface area contributed by atoms with E-state index in [1.807, 2.05) is 0 Å². The normalized spacial score (nSPS) is 12.1. The SMILES string of the molecule is O=C(O)c1cnc(-c2ccc(F)cc2CC(F)c2ccccc2)[nH]1. The Morgan fingerprint density at radius 2 is 1.96 bits per heavy atom. The fourth-order valence-electron chi connectivity index (χ4n) is 2.50. The molecule has 1 atom stereocenters. The average molecular weight is 328 g/mol. The molecule has 2 aromatic carbocycles. The van der Waals surface area contributed by atoms with Gasteiger partial charge >= 0.3 is 5.97 Å². The fourth-order valence-corrected chi connectivity index (χ4v) is 2.50. The zero-order chi connectivity index (χ0) is 17.1. The van der Waals surface area contributed by atoms with Gasteiger partial charge in [0.25, 0.3) is 0 Å². The van der Waals surface area contributed by atoms with Gasteiger partial charge in [-0.15, -0.1) is 0 Å². The molecular weight excluding hydrogens is 314 g/mol. The number of alkyl halides is 1. The number of aromatic carboxylic acids is 1. The molecule has 0 aliphatic carbocycles. The van der Waals surface area contributed by atoms with Crippen molar-refractivity contribution in [2.75, 3.05) is 0 Å². The number of nitrogens with zero attached hydrogens (tertiary/aromatic N) is 1. The molecule has 122 valence electrons. The van der Waals surface area contributed by atoms with Crippen molar-refractivity contribution in [1.29, 1.82) is 0 Å². The zero-order valence-corrected chi connectivity index (χ0v) is 12.5. The summed E-state index contributed by atoms with van der Waals surface area (Å²) in [5.41, 5.74) is 1.30. The van der Waals surface area contributed by atoms with Crippen LogP contribution in [0.4, 0.5) is 8.78 Å². The molecule has 1 unspecified atom stereocenters. The molecule has 1 aromatic heterocycles. The van der Waals surface area contributed by atoms with Crippen molar-refractivity contribution in [2.24, 2.45) is 0 Å². The van der Waals surface area contributed by atoms with Crippen molar-refractivity contribution in [1.82, 2.24) is 9.97 Å². The summed E-state index contributed by atoms with van der Waals surface area (Å²) in [7, 11) is 0. The Labute approximate surface area is 136 Å². The summed E-state index contributed by atoms with van der Waals surface area (Å²) in [6.07, 6.45) is -0.171. The first kappa shape index (κ1) is 15.9. The lowest BCUT2D eigenvalue weighted by molar-refractivity contribution is 0.0691. The van der Waals surface area contributed by atoms with Crippen LogP contribution in [0.2, 0.25) is 0 Å². The number of benzene rings is 2. The molecule has 0 saturated carbocycles. The van der Waals surface area contributed by atoms with E-state index < -0.39 is 18.0 Å². The first-order valence-corrected chi connectivity index (χ1v) is 7.30. The Morgan fingerprint density at radius 1 is 1.21 bits per heavy atom. The molecule has 1 heterocycles. The number of carboxylic acids is 1. The molecule has 24 heavy (non-hydrogen) atoms. The highest BCUT2D eigenvalue weighted by Crippen LogP contribution is 2.29. The van der Waals surface area contributed by atoms with E-state index in [-0.39, 0.29) is 17.9 Å². The van der Waals surface area contributed by atoms with Gasteiger partial charge in [0.1, 0.15) is 23.5 Å².